The maximum absolute atomic E-state index is 12.1. The van der Waals surface area contributed by atoms with Crippen molar-refractivity contribution in [2.75, 3.05) is 5.32 Å². The predicted molar refractivity (Wildman–Crippen MR) is 83.0 cm³/mol. The van der Waals surface area contributed by atoms with Crippen LogP contribution < -0.4 is 11.1 Å². The van der Waals surface area contributed by atoms with E-state index in [1.165, 1.54) is 6.07 Å². The number of anilines is 1. The average Bonchev–Trinajstić information content (AvgIpc) is 2.38. The number of primary amides is 1. The van der Waals surface area contributed by atoms with E-state index >= 15 is 0 Å². The van der Waals surface area contributed by atoms with Crippen LogP contribution in [0.3, 0.4) is 0 Å². The molecule has 1 aromatic rings. The van der Waals surface area contributed by atoms with Crippen molar-refractivity contribution in [3.05, 3.63) is 29.8 Å². The Bertz CT molecular complexity index is 494. The monoisotopic (exact) mass is 292 g/mol. The summed E-state index contributed by atoms with van der Waals surface area (Å²) >= 11 is 0. The van der Waals surface area contributed by atoms with Crippen LogP contribution in [0.5, 0.6) is 0 Å². The summed E-state index contributed by atoms with van der Waals surface area (Å²) in [6, 6.07) is 6.45. The molecule has 1 rings (SSSR count). The van der Waals surface area contributed by atoms with Gasteiger partial charge in [-0.3, -0.25) is 9.59 Å². The smallest absolute Gasteiger partial charge is 0.248 e. The number of rotatable bonds is 8. The van der Waals surface area contributed by atoms with Crippen LogP contribution in [0.2, 0.25) is 0 Å². The molecule has 116 valence electrons. The summed E-state index contributed by atoms with van der Waals surface area (Å²) in [7, 11) is 0. The lowest BCUT2D eigenvalue weighted by Gasteiger charge is -2.26. The van der Waals surface area contributed by atoms with Crippen LogP contribution >= 0.6 is 0 Å². The lowest BCUT2D eigenvalue weighted by Crippen LogP contribution is -2.33. The third-order valence-corrected chi connectivity index (χ3v) is 3.35. The molecule has 0 saturated carbocycles. The number of carbonyl (C=O) groups excluding carboxylic acids is 2. The number of hydrogen-bond donors (Lipinski definition) is 3. The Kier molecular flexibility index (Phi) is 6.37. The molecule has 0 saturated heterocycles. The average molecular weight is 292 g/mol. The number of nitrogens with two attached hydrogens (primary N) is 1. The van der Waals surface area contributed by atoms with Gasteiger partial charge in [-0.05, 0) is 31.0 Å². The lowest BCUT2D eigenvalue weighted by atomic mass is 9.89. The molecule has 5 nitrogen and oxygen atoms in total. The fraction of sp³-hybridized carbons (Fsp3) is 0.500. The van der Waals surface area contributed by atoms with Gasteiger partial charge in [0, 0.05) is 11.3 Å². The maximum Gasteiger partial charge on any atom is 0.248 e. The van der Waals surface area contributed by atoms with Crippen LogP contribution in [0.15, 0.2) is 24.3 Å². The van der Waals surface area contributed by atoms with E-state index in [9.17, 15) is 14.7 Å². The van der Waals surface area contributed by atoms with Gasteiger partial charge in [0.1, 0.15) is 0 Å². The summed E-state index contributed by atoms with van der Waals surface area (Å²) in [5.41, 5.74) is 5.08. The first-order valence-electron chi connectivity index (χ1n) is 7.32. The highest BCUT2D eigenvalue weighted by Gasteiger charge is 2.28. The molecule has 0 heterocycles. The van der Waals surface area contributed by atoms with E-state index in [0.29, 0.717) is 24.1 Å². The van der Waals surface area contributed by atoms with E-state index in [-0.39, 0.29) is 12.3 Å². The summed E-state index contributed by atoms with van der Waals surface area (Å²) in [6.07, 6.45) is 2.88. The molecule has 0 bridgehead atoms. The molecule has 0 unspecified atom stereocenters. The molecule has 0 aliphatic rings. The van der Waals surface area contributed by atoms with Crippen LogP contribution in [0, 0.1) is 0 Å². The topological polar surface area (TPSA) is 92.4 Å². The van der Waals surface area contributed by atoms with Crippen molar-refractivity contribution < 1.29 is 14.7 Å². The summed E-state index contributed by atoms with van der Waals surface area (Å²) in [5, 5.41) is 13.2. The molecule has 0 aromatic heterocycles. The molecular formula is C16H24N2O3. The Labute approximate surface area is 125 Å². The Morgan fingerprint density at radius 2 is 1.86 bits per heavy atom. The zero-order chi connectivity index (χ0) is 15.9. The van der Waals surface area contributed by atoms with Gasteiger partial charge in [0.05, 0.1) is 12.0 Å². The van der Waals surface area contributed by atoms with Crippen LogP contribution in [0.1, 0.15) is 56.3 Å². The second kappa shape index (κ2) is 7.78. The number of hydrogen-bond acceptors (Lipinski definition) is 3. The summed E-state index contributed by atoms with van der Waals surface area (Å²) in [6.45, 7) is 3.96. The highest BCUT2D eigenvalue weighted by Crippen LogP contribution is 2.24. The Balaban J connectivity index is 2.72. The summed E-state index contributed by atoms with van der Waals surface area (Å²) in [4.78, 5) is 23.2. The SMILES string of the molecule is CCCC(O)(CCC)CC(=O)Nc1cccc(C(N)=O)c1. The first kappa shape index (κ1) is 17.2. The first-order chi connectivity index (χ1) is 9.90. The molecule has 0 aliphatic carbocycles. The number of aliphatic hydroxyl groups is 1. The molecule has 4 N–H and O–H groups in total. The number of carbonyl (C=O) groups is 2. The number of nitrogens with one attached hydrogen (secondary N) is 1. The number of benzene rings is 1. The summed E-state index contributed by atoms with van der Waals surface area (Å²) in [5.74, 6) is -0.805. The minimum absolute atomic E-state index is 0.0511. The third kappa shape index (κ3) is 5.55. The molecule has 1 aromatic carbocycles. The third-order valence-electron chi connectivity index (χ3n) is 3.35. The quantitative estimate of drug-likeness (QED) is 0.687. The van der Waals surface area contributed by atoms with Crippen LogP contribution in [0.4, 0.5) is 5.69 Å². The lowest BCUT2D eigenvalue weighted by molar-refractivity contribution is -0.121. The molecular weight excluding hydrogens is 268 g/mol. The van der Waals surface area contributed by atoms with Gasteiger partial charge in [-0.1, -0.05) is 32.8 Å². The van der Waals surface area contributed by atoms with Gasteiger partial charge in [-0.2, -0.15) is 0 Å². The zero-order valence-electron chi connectivity index (χ0n) is 12.7. The Morgan fingerprint density at radius 3 is 2.38 bits per heavy atom. The Morgan fingerprint density at radius 1 is 1.24 bits per heavy atom. The predicted octanol–water partition coefficient (Wildman–Crippen LogP) is 2.45. The van der Waals surface area contributed by atoms with Crippen molar-refractivity contribution in [3.63, 3.8) is 0 Å². The van der Waals surface area contributed by atoms with Gasteiger partial charge in [0.25, 0.3) is 0 Å². The zero-order valence-corrected chi connectivity index (χ0v) is 12.7. The fourth-order valence-corrected chi connectivity index (χ4v) is 2.49. The summed E-state index contributed by atoms with van der Waals surface area (Å²) < 4.78 is 0. The van der Waals surface area contributed by atoms with Gasteiger partial charge in [0.2, 0.25) is 11.8 Å². The molecule has 0 radical (unpaired) electrons. The minimum Gasteiger partial charge on any atom is -0.389 e. The van der Waals surface area contributed by atoms with E-state index in [0.717, 1.165) is 12.8 Å². The highest BCUT2D eigenvalue weighted by molar-refractivity contribution is 5.96. The van der Waals surface area contributed by atoms with Crippen LogP contribution in [-0.2, 0) is 4.79 Å². The van der Waals surface area contributed by atoms with E-state index < -0.39 is 11.5 Å². The number of amides is 2. The van der Waals surface area contributed by atoms with E-state index in [1.807, 2.05) is 13.8 Å². The highest BCUT2D eigenvalue weighted by atomic mass is 16.3. The van der Waals surface area contributed by atoms with Crippen molar-refractivity contribution in [2.24, 2.45) is 5.73 Å². The molecule has 2 amide bonds. The Hall–Kier alpha value is -1.88. The molecule has 0 aliphatic heterocycles. The largest absolute Gasteiger partial charge is 0.389 e. The maximum atomic E-state index is 12.1. The molecule has 5 heteroatoms. The first-order valence-corrected chi connectivity index (χ1v) is 7.32. The van der Waals surface area contributed by atoms with Gasteiger partial charge < -0.3 is 16.2 Å². The van der Waals surface area contributed by atoms with Crippen molar-refractivity contribution >= 4 is 17.5 Å². The normalized spacial score (nSPS) is 11.2. The molecule has 0 atom stereocenters. The second-order valence-corrected chi connectivity index (χ2v) is 5.39. The van der Waals surface area contributed by atoms with Crippen molar-refractivity contribution in [3.8, 4) is 0 Å². The van der Waals surface area contributed by atoms with Gasteiger partial charge in [0.15, 0.2) is 0 Å². The van der Waals surface area contributed by atoms with Gasteiger partial charge >= 0.3 is 0 Å². The standard InChI is InChI=1S/C16H24N2O3/c1-3-8-16(21,9-4-2)11-14(19)18-13-7-5-6-12(10-13)15(17)20/h5-7,10,21H,3-4,8-9,11H2,1-2H3,(H2,17,20)(H,18,19). The van der Waals surface area contributed by atoms with E-state index in [4.69, 9.17) is 5.73 Å². The molecule has 0 spiro atoms. The van der Waals surface area contributed by atoms with Crippen LogP contribution in [0.25, 0.3) is 0 Å². The van der Waals surface area contributed by atoms with Crippen molar-refractivity contribution in [1.29, 1.82) is 0 Å². The molecule has 0 fully saturated rings. The van der Waals surface area contributed by atoms with Crippen LogP contribution in [-0.4, -0.2) is 22.5 Å². The minimum atomic E-state index is -0.963. The second-order valence-electron chi connectivity index (χ2n) is 5.39. The van der Waals surface area contributed by atoms with Gasteiger partial charge in [-0.15, -0.1) is 0 Å². The molecule has 21 heavy (non-hydrogen) atoms. The van der Waals surface area contributed by atoms with E-state index in [2.05, 4.69) is 5.32 Å². The van der Waals surface area contributed by atoms with Gasteiger partial charge in [-0.25, -0.2) is 0 Å². The van der Waals surface area contributed by atoms with E-state index in [1.54, 1.807) is 18.2 Å². The fourth-order valence-electron chi connectivity index (χ4n) is 2.49. The van der Waals surface area contributed by atoms with Crippen molar-refractivity contribution in [1.82, 2.24) is 0 Å². The van der Waals surface area contributed by atoms with Crippen molar-refractivity contribution in [2.45, 2.75) is 51.6 Å².